The van der Waals surface area contributed by atoms with Gasteiger partial charge in [-0.15, -0.1) is 0 Å². The number of nitrogens with zero attached hydrogens (tertiary/aromatic N) is 2. The average molecular weight is 312 g/mol. The van der Waals surface area contributed by atoms with Gasteiger partial charge in [-0.1, -0.05) is 34.4 Å². The van der Waals surface area contributed by atoms with E-state index in [0.29, 0.717) is 34.1 Å². The van der Waals surface area contributed by atoms with Crippen LogP contribution in [-0.4, -0.2) is 16.2 Å². The minimum absolute atomic E-state index is 0.251. The summed E-state index contributed by atoms with van der Waals surface area (Å²) < 4.78 is 5.35. The van der Waals surface area contributed by atoms with E-state index < -0.39 is 0 Å². The van der Waals surface area contributed by atoms with Crippen molar-refractivity contribution in [3.05, 3.63) is 45.5 Å². The fourth-order valence-electron chi connectivity index (χ4n) is 2.58. The average Bonchev–Trinajstić information content (AvgIpc) is 3.02. The Morgan fingerprint density at radius 1 is 1.30 bits per heavy atom. The van der Waals surface area contributed by atoms with Crippen LogP contribution in [0.2, 0.25) is 10.0 Å². The molecule has 1 aromatic heterocycles. The fraction of sp³-hybridized carbons (Fsp3) is 0.429. The summed E-state index contributed by atoms with van der Waals surface area (Å²) >= 11 is 12.0. The van der Waals surface area contributed by atoms with E-state index in [2.05, 4.69) is 10.1 Å². The van der Waals surface area contributed by atoms with Crippen molar-refractivity contribution in [1.82, 2.24) is 10.1 Å². The SMILES string of the molecule is N[C@H]1CC[C@@H](c2nc(Cc3ccc(Cl)cc3Cl)no2)C1. The number of hydrogen-bond donors (Lipinski definition) is 1. The first-order chi connectivity index (χ1) is 9.61. The topological polar surface area (TPSA) is 64.9 Å². The molecule has 0 amide bonds. The van der Waals surface area contributed by atoms with Gasteiger partial charge in [0.1, 0.15) is 0 Å². The molecule has 1 aromatic carbocycles. The van der Waals surface area contributed by atoms with E-state index in [0.717, 1.165) is 24.8 Å². The van der Waals surface area contributed by atoms with E-state index in [9.17, 15) is 0 Å². The van der Waals surface area contributed by atoms with Crippen molar-refractivity contribution in [3.8, 4) is 0 Å². The van der Waals surface area contributed by atoms with Gasteiger partial charge in [0.2, 0.25) is 5.89 Å². The van der Waals surface area contributed by atoms with Crippen molar-refractivity contribution < 1.29 is 4.52 Å². The first-order valence-corrected chi connectivity index (χ1v) is 7.39. The largest absolute Gasteiger partial charge is 0.339 e. The molecule has 0 unspecified atom stereocenters. The number of benzene rings is 1. The molecule has 3 rings (SSSR count). The molecule has 1 aliphatic rings. The van der Waals surface area contributed by atoms with Gasteiger partial charge in [0, 0.05) is 28.4 Å². The van der Waals surface area contributed by atoms with Gasteiger partial charge < -0.3 is 10.3 Å². The zero-order chi connectivity index (χ0) is 14.1. The lowest BCUT2D eigenvalue weighted by Crippen LogP contribution is -2.14. The summed E-state index contributed by atoms with van der Waals surface area (Å²) in [5.74, 6) is 1.63. The van der Waals surface area contributed by atoms with Gasteiger partial charge in [0.15, 0.2) is 5.82 Å². The van der Waals surface area contributed by atoms with Crippen LogP contribution in [0.1, 0.15) is 42.5 Å². The van der Waals surface area contributed by atoms with Crippen LogP contribution in [-0.2, 0) is 6.42 Å². The number of hydrogen-bond acceptors (Lipinski definition) is 4. The first-order valence-electron chi connectivity index (χ1n) is 6.64. The van der Waals surface area contributed by atoms with Gasteiger partial charge in [0.05, 0.1) is 0 Å². The number of rotatable bonds is 3. The van der Waals surface area contributed by atoms with Gasteiger partial charge in [-0.05, 0) is 37.0 Å². The quantitative estimate of drug-likeness (QED) is 0.941. The van der Waals surface area contributed by atoms with Crippen LogP contribution in [0.25, 0.3) is 0 Å². The molecule has 106 valence electrons. The van der Waals surface area contributed by atoms with E-state index in [1.807, 2.05) is 6.07 Å². The molecule has 4 nitrogen and oxygen atoms in total. The monoisotopic (exact) mass is 311 g/mol. The molecule has 0 aliphatic heterocycles. The Bertz CT molecular complexity index is 614. The van der Waals surface area contributed by atoms with Gasteiger partial charge >= 0.3 is 0 Å². The zero-order valence-corrected chi connectivity index (χ0v) is 12.4. The Hall–Kier alpha value is -1.10. The minimum atomic E-state index is 0.251. The minimum Gasteiger partial charge on any atom is -0.339 e. The maximum atomic E-state index is 6.15. The molecule has 2 aromatic rings. The molecule has 0 spiro atoms. The molecule has 1 heterocycles. The molecule has 0 bridgehead atoms. The first kappa shape index (κ1) is 13.9. The predicted molar refractivity (Wildman–Crippen MR) is 78.1 cm³/mol. The lowest BCUT2D eigenvalue weighted by atomic mass is 10.1. The van der Waals surface area contributed by atoms with Crippen LogP contribution >= 0.6 is 23.2 Å². The standard InChI is InChI=1S/C14H15Cl2N3O/c15-10-3-1-8(12(16)7-10)6-13-18-14(20-19-13)9-2-4-11(17)5-9/h1,3,7,9,11H,2,4-6,17H2/t9-,11+/m1/s1. The summed E-state index contributed by atoms with van der Waals surface area (Å²) in [5.41, 5.74) is 6.84. The highest BCUT2D eigenvalue weighted by Gasteiger charge is 2.27. The Balaban J connectivity index is 1.74. The summed E-state index contributed by atoms with van der Waals surface area (Å²) in [5, 5.41) is 5.26. The van der Waals surface area contributed by atoms with Crippen molar-refractivity contribution in [2.75, 3.05) is 0 Å². The highest BCUT2D eigenvalue weighted by atomic mass is 35.5. The summed E-state index contributed by atoms with van der Waals surface area (Å²) in [6.45, 7) is 0. The second kappa shape index (κ2) is 5.72. The van der Waals surface area contributed by atoms with Crippen molar-refractivity contribution in [2.24, 2.45) is 5.73 Å². The molecule has 1 fully saturated rings. The second-order valence-corrected chi connectivity index (χ2v) is 6.08. The third-order valence-corrected chi connectivity index (χ3v) is 4.26. The molecular formula is C14H15Cl2N3O. The van der Waals surface area contributed by atoms with E-state index in [-0.39, 0.29) is 6.04 Å². The lowest BCUT2D eigenvalue weighted by molar-refractivity contribution is 0.350. The molecule has 6 heteroatoms. The van der Waals surface area contributed by atoms with Gasteiger partial charge in [0.25, 0.3) is 0 Å². The van der Waals surface area contributed by atoms with Crippen LogP contribution in [0.4, 0.5) is 0 Å². The molecular weight excluding hydrogens is 297 g/mol. The van der Waals surface area contributed by atoms with Crippen LogP contribution < -0.4 is 5.73 Å². The van der Waals surface area contributed by atoms with Crippen LogP contribution in [0.15, 0.2) is 22.7 Å². The molecule has 1 saturated carbocycles. The molecule has 2 atom stereocenters. The van der Waals surface area contributed by atoms with Crippen LogP contribution in [0, 0.1) is 0 Å². The summed E-state index contributed by atoms with van der Waals surface area (Å²) in [6.07, 6.45) is 3.50. The third-order valence-electron chi connectivity index (χ3n) is 3.67. The zero-order valence-electron chi connectivity index (χ0n) is 10.9. The number of halogens is 2. The molecule has 0 saturated heterocycles. The van der Waals surface area contributed by atoms with Crippen LogP contribution in [0.3, 0.4) is 0 Å². The van der Waals surface area contributed by atoms with Gasteiger partial charge in [-0.25, -0.2) is 0 Å². The Labute approximate surface area is 127 Å². The highest BCUT2D eigenvalue weighted by molar-refractivity contribution is 6.35. The fourth-order valence-corrected chi connectivity index (χ4v) is 3.06. The number of aromatic nitrogens is 2. The smallest absolute Gasteiger partial charge is 0.229 e. The van der Waals surface area contributed by atoms with E-state index in [4.69, 9.17) is 33.5 Å². The van der Waals surface area contributed by atoms with Crippen molar-refractivity contribution in [1.29, 1.82) is 0 Å². The second-order valence-electron chi connectivity index (χ2n) is 5.23. The maximum absolute atomic E-state index is 6.15. The molecule has 20 heavy (non-hydrogen) atoms. The Kier molecular flexibility index (Phi) is 3.96. The van der Waals surface area contributed by atoms with Crippen LogP contribution in [0.5, 0.6) is 0 Å². The van der Waals surface area contributed by atoms with Crippen molar-refractivity contribution in [3.63, 3.8) is 0 Å². The van der Waals surface area contributed by atoms with Gasteiger partial charge in [-0.2, -0.15) is 4.98 Å². The Morgan fingerprint density at radius 3 is 2.85 bits per heavy atom. The molecule has 1 aliphatic carbocycles. The van der Waals surface area contributed by atoms with Gasteiger partial charge in [-0.3, -0.25) is 0 Å². The normalized spacial score (nSPS) is 22.4. The summed E-state index contributed by atoms with van der Waals surface area (Å²) in [4.78, 5) is 4.46. The van der Waals surface area contributed by atoms with E-state index in [1.54, 1.807) is 12.1 Å². The maximum Gasteiger partial charge on any atom is 0.229 e. The molecule has 2 N–H and O–H groups in total. The Morgan fingerprint density at radius 2 is 2.15 bits per heavy atom. The van der Waals surface area contributed by atoms with Crippen molar-refractivity contribution in [2.45, 2.75) is 37.6 Å². The summed E-state index contributed by atoms with van der Waals surface area (Å²) in [7, 11) is 0. The predicted octanol–water partition coefficient (Wildman–Crippen LogP) is 3.56. The van der Waals surface area contributed by atoms with Crippen molar-refractivity contribution >= 4 is 23.2 Å². The molecule has 0 radical (unpaired) electrons. The third kappa shape index (κ3) is 2.97. The van der Waals surface area contributed by atoms with E-state index in [1.165, 1.54) is 0 Å². The highest BCUT2D eigenvalue weighted by Crippen LogP contribution is 2.32. The summed E-state index contributed by atoms with van der Waals surface area (Å²) in [6, 6.07) is 5.66. The van der Waals surface area contributed by atoms with E-state index >= 15 is 0 Å². The number of nitrogens with two attached hydrogens (primary N) is 1. The lowest BCUT2D eigenvalue weighted by Gasteiger charge is -2.02.